The fraction of sp³-hybridized carbons (Fsp3) is 0.353. The highest BCUT2D eigenvalue weighted by Gasteiger charge is 2.25. The average molecular weight is 335 g/mol. The van der Waals surface area contributed by atoms with E-state index < -0.39 is 20.7 Å². The number of pyridine rings is 1. The topological polar surface area (TPSA) is 48.1 Å². The number of nitrogen functional groups attached to an aromatic ring is 1. The summed E-state index contributed by atoms with van der Waals surface area (Å²) in [6, 6.07) is 5.91. The van der Waals surface area contributed by atoms with Gasteiger partial charge in [0.25, 0.3) is 0 Å². The van der Waals surface area contributed by atoms with Crippen LogP contribution >= 0.6 is 0 Å². The second-order valence-corrected chi connectivity index (χ2v) is 9.36. The molecule has 0 spiro atoms. The van der Waals surface area contributed by atoms with E-state index in [1.165, 1.54) is 18.3 Å². The van der Waals surface area contributed by atoms with Gasteiger partial charge in [-0.25, -0.2) is 13.8 Å². The molecular formula is C17H21F2N2OSi. The summed E-state index contributed by atoms with van der Waals surface area (Å²) in [5.41, 5.74) is 6.33. The second kappa shape index (κ2) is 6.76. The van der Waals surface area contributed by atoms with Crippen molar-refractivity contribution >= 4 is 14.9 Å². The van der Waals surface area contributed by atoms with Crippen LogP contribution in [0.15, 0.2) is 30.5 Å². The lowest BCUT2D eigenvalue weighted by molar-refractivity contribution is 0.282. The summed E-state index contributed by atoms with van der Waals surface area (Å²) in [7, 11) is -1.18. The number of nitrogens with zero attached hydrogens (tertiary/aromatic N) is 1. The minimum absolute atomic E-state index is 0.00386. The smallest absolute Gasteiger partial charge is 0.214 e. The second-order valence-electron chi connectivity index (χ2n) is 6.45. The first-order valence-electron chi connectivity index (χ1n) is 7.35. The molecule has 0 saturated carbocycles. The molecule has 123 valence electrons. The zero-order valence-corrected chi connectivity index (χ0v) is 14.8. The van der Waals surface area contributed by atoms with E-state index in [-0.39, 0.29) is 22.8 Å². The summed E-state index contributed by atoms with van der Waals surface area (Å²) in [6.45, 7) is 8.10. The Balaban J connectivity index is 2.30. The Bertz CT molecular complexity index is 684. The van der Waals surface area contributed by atoms with Gasteiger partial charge in [0.05, 0.1) is 6.61 Å². The van der Waals surface area contributed by atoms with E-state index in [9.17, 15) is 8.78 Å². The molecule has 0 unspecified atom stereocenters. The molecule has 2 N–H and O–H groups in total. The molecule has 23 heavy (non-hydrogen) atoms. The van der Waals surface area contributed by atoms with Crippen LogP contribution in [0.5, 0.6) is 0 Å². The number of anilines is 1. The van der Waals surface area contributed by atoms with Gasteiger partial charge < -0.3 is 10.2 Å². The quantitative estimate of drug-likeness (QED) is 0.834. The van der Waals surface area contributed by atoms with E-state index in [1.54, 1.807) is 12.1 Å². The van der Waals surface area contributed by atoms with E-state index in [1.807, 2.05) is 6.55 Å². The maximum Gasteiger partial charge on any atom is 0.214 e. The molecule has 3 nitrogen and oxygen atoms in total. The number of aromatic nitrogens is 1. The Hall–Kier alpha value is -1.79. The van der Waals surface area contributed by atoms with Gasteiger partial charge in [0.2, 0.25) is 9.04 Å². The molecule has 0 atom stereocenters. The Morgan fingerprint density at radius 2 is 1.87 bits per heavy atom. The van der Waals surface area contributed by atoms with Crippen molar-refractivity contribution in [3.8, 4) is 11.1 Å². The number of halogens is 2. The molecule has 1 radical (unpaired) electrons. The van der Waals surface area contributed by atoms with Crippen molar-refractivity contribution in [3.63, 3.8) is 0 Å². The molecule has 0 saturated heterocycles. The number of rotatable bonds is 4. The van der Waals surface area contributed by atoms with Crippen LogP contribution in [0.1, 0.15) is 26.3 Å². The van der Waals surface area contributed by atoms with Crippen molar-refractivity contribution in [3.05, 3.63) is 47.7 Å². The van der Waals surface area contributed by atoms with Crippen LogP contribution in [-0.4, -0.2) is 14.0 Å². The van der Waals surface area contributed by atoms with Gasteiger partial charge in [-0.15, -0.1) is 0 Å². The first kappa shape index (κ1) is 17.6. The molecule has 0 fully saturated rings. The predicted octanol–water partition coefficient (Wildman–Crippen LogP) is 4.55. The van der Waals surface area contributed by atoms with Crippen LogP contribution in [0.25, 0.3) is 11.1 Å². The van der Waals surface area contributed by atoms with E-state index in [0.29, 0.717) is 11.4 Å². The molecule has 0 amide bonds. The van der Waals surface area contributed by atoms with Gasteiger partial charge in [-0.2, -0.15) is 0 Å². The van der Waals surface area contributed by atoms with E-state index in [4.69, 9.17) is 10.2 Å². The summed E-state index contributed by atoms with van der Waals surface area (Å²) in [5, 5.41) is -0.00386. The normalized spacial score (nSPS) is 12.0. The van der Waals surface area contributed by atoms with Crippen LogP contribution in [0.4, 0.5) is 14.6 Å². The van der Waals surface area contributed by atoms with Crippen molar-refractivity contribution in [2.75, 3.05) is 5.73 Å². The molecule has 0 aliphatic carbocycles. The summed E-state index contributed by atoms with van der Waals surface area (Å²) < 4.78 is 34.5. The zero-order valence-electron chi connectivity index (χ0n) is 13.8. The highest BCUT2D eigenvalue weighted by atomic mass is 28.3. The van der Waals surface area contributed by atoms with Crippen molar-refractivity contribution in [1.82, 2.24) is 4.98 Å². The van der Waals surface area contributed by atoms with E-state index in [2.05, 4.69) is 25.8 Å². The lowest BCUT2D eigenvalue weighted by atomic mass is 10.0. The fourth-order valence-corrected chi connectivity index (χ4v) is 2.71. The number of hydrogen-bond acceptors (Lipinski definition) is 3. The van der Waals surface area contributed by atoms with Gasteiger partial charge in [0.15, 0.2) is 0 Å². The van der Waals surface area contributed by atoms with Crippen LogP contribution in [-0.2, 0) is 11.0 Å². The summed E-state index contributed by atoms with van der Waals surface area (Å²) in [4.78, 5) is 3.95. The molecule has 2 aromatic rings. The third-order valence-electron chi connectivity index (χ3n) is 3.77. The van der Waals surface area contributed by atoms with Gasteiger partial charge in [-0.05, 0) is 35.9 Å². The highest BCUT2D eigenvalue weighted by Crippen LogP contribution is 2.30. The van der Waals surface area contributed by atoms with Crippen LogP contribution < -0.4 is 5.73 Å². The van der Waals surface area contributed by atoms with Gasteiger partial charge in [-0.3, -0.25) is 0 Å². The minimum atomic E-state index is -1.18. The van der Waals surface area contributed by atoms with Crippen LogP contribution in [0.2, 0.25) is 11.6 Å². The Labute approximate surface area is 137 Å². The van der Waals surface area contributed by atoms with Gasteiger partial charge in [0.1, 0.15) is 17.5 Å². The highest BCUT2D eigenvalue weighted by molar-refractivity contribution is 6.53. The lowest BCUT2D eigenvalue weighted by Crippen LogP contribution is -2.25. The minimum Gasteiger partial charge on any atom is -0.412 e. The summed E-state index contributed by atoms with van der Waals surface area (Å²) in [6.07, 6.45) is 1.47. The molecule has 1 heterocycles. The number of hydrogen-bond donors (Lipinski definition) is 1. The Morgan fingerprint density at radius 3 is 2.43 bits per heavy atom. The molecule has 0 aliphatic rings. The standard InChI is InChI=1S/C17H21F2N2OSi/c1-17(2,3)23(4)22-10-13-14(18)7-6-12(16(13)19)11-5-8-15(20)21-9-11/h5-9H,10H2,1-4H3,(H2,20,21). The SMILES string of the molecule is C[Si](OCc1c(F)ccc(-c2ccc(N)nc2)c1F)C(C)(C)C. The molecule has 1 aromatic carbocycles. The van der Waals surface area contributed by atoms with Crippen molar-refractivity contribution in [1.29, 1.82) is 0 Å². The van der Waals surface area contributed by atoms with Crippen molar-refractivity contribution < 1.29 is 13.2 Å². The largest absolute Gasteiger partial charge is 0.412 e. The van der Waals surface area contributed by atoms with Gasteiger partial charge in [-0.1, -0.05) is 20.8 Å². The predicted molar refractivity (Wildman–Crippen MR) is 90.1 cm³/mol. The maximum absolute atomic E-state index is 14.7. The molecule has 2 rings (SSSR count). The number of benzene rings is 1. The van der Waals surface area contributed by atoms with Crippen LogP contribution in [0.3, 0.4) is 0 Å². The van der Waals surface area contributed by atoms with Gasteiger partial charge in [0, 0.05) is 22.9 Å². The third kappa shape index (κ3) is 4.14. The Kier molecular flexibility index (Phi) is 5.16. The molecule has 6 heteroatoms. The Morgan fingerprint density at radius 1 is 1.17 bits per heavy atom. The first-order valence-corrected chi connectivity index (χ1v) is 9.26. The monoisotopic (exact) mass is 335 g/mol. The fourth-order valence-electron chi connectivity index (χ4n) is 1.91. The van der Waals surface area contributed by atoms with E-state index >= 15 is 0 Å². The van der Waals surface area contributed by atoms with Gasteiger partial charge >= 0.3 is 0 Å². The summed E-state index contributed by atoms with van der Waals surface area (Å²) >= 11 is 0. The third-order valence-corrected chi connectivity index (χ3v) is 6.46. The van der Waals surface area contributed by atoms with Crippen molar-refractivity contribution in [2.45, 2.75) is 39.0 Å². The zero-order chi connectivity index (χ0) is 17.2. The molecule has 1 aromatic heterocycles. The average Bonchev–Trinajstić information content (AvgIpc) is 2.47. The number of nitrogens with two attached hydrogens (primary N) is 1. The van der Waals surface area contributed by atoms with Crippen LogP contribution in [0, 0.1) is 11.6 Å². The molecule has 0 bridgehead atoms. The van der Waals surface area contributed by atoms with Crippen molar-refractivity contribution in [2.24, 2.45) is 0 Å². The molecule has 0 aliphatic heterocycles. The first-order chi connectivity index (χ1) is 10.7. The molecular weight excluding hydrogens is 314 g/mol. The van der Waals surface area contributed by atoms with E-state index in [0.717, 1.165) is 0 Å². The lowest BCUT2D eigenvalue weighted by Gasteiger charge is -2.25. The maximum atomic E-state index is 14.7. The summed E-state index contributed by atoms with van der Waals surface area (Å²) in [5.74, 6) is -0.859.